The monoisotopic (exact) mass is 677 g/mol. The van der Waals surface area contributed by atoms with Crippen LogP contribution in [0.5, 0.6) is 11.5 Å². The minimum Gasteiger partial charge on any atom is -0.494 e. The number of methoxy groups -OCH3 is 1. The summed E-state index contributed by atoms with van der Waals surface area (Å²) in [6.45, 7) is 2.31. The maximum Gasteiger partial charge on any atom is 0.279 e. The summed E-state index contributed by atoms with van der Waals surface area (Å²) in [6, 6.07) is 15.9. The molecule has 2 unspecified atom stereocenters. The Kier molecular flexibility index (Phi) is 10.5. The lowest BCUT2D eigenvalue weighted by atomic mass is 10.00. The Morgan fingerprint density at radius 2 is 1.56 bits per heavy atom. The molecule has 0 spiro atoms. The number of pyridine rings is 2. The van der Waals surface area contributed by atoms with E-state index in [-0.39, 0.29) is 11.9 Å². The fourth-order valence-electron chi connectivity index (χ4n) is 5.47. The Balaban J connectivity index is 1.18. The molecule has 10 nitrogen and oxygen atoms in total. The van der Waals surface area contributed by atoms with Gasteiger partial charge in [-0.1, -0.05) is 36.4 Å². The molecule has 0 saturated carbocycles. The smallest absolute Gasteiger partial charge is 0.279 e. The highest BCUT2D eigenvalue weighted by Gasteiger charge is 2.25. The number of halogens is 1. The lowest BCUT2D eigenvalue weighted by Crippen LogP contribution is -2.33. The van der Waals surface area contributed by atoms with Crippen LogP contribution in [0.4, 0.5) is 0 Å². The van der Waals surface area contributed by atoms with Crippen molar-refractivity contribution in [3.05, 3.63) is 71.0 Å². The summed E-state index contributed by atoms with van der Waals surface area (Å²) in [5, 5.41) is 0.531. The summed E-state index contributed by atoms with van der Waals surface area (Å²) in [5.41, 5.74) is 6.78. The summed E-state index contributed by atoms with van der Waals surface area (Å²) < 4.78 is 29.3. The first-order valence-corrected chi connectivity index (χ1v) is 16.1. The van der Waals surface area contributed by atoms with Gasteiger partial charge in [-0.05, 0) is 71.3 Å². The summed E-state index contributed by atoms with van der Waals surface area (Å²) in [4.78, 5) is 28.3. The molecule has 2 aliphatic rings. The Labute approximate surface area is 270 Å². The van der Waals surface area contributed by atoms with Crippen molar-refractivity contribution in [2.24, 2.45) is 0 Å². The van der Waals surface area contributed by atoms with Crippen LogP contribution in [-0.2, 0) is 19.0 Å². The third kappa shape index (κ3) is 7.62. The number of nitrogens with one attached hydrogen (secondary N) is 1. The van der Waals surface area contributed by atoms with Crippen LogP contribution in [0.1, 0.15) is 48.9 Å². The van der Waals surface area contributed by atoms with E-state index in [0.29, 0.717) is 53.1 Å². The Morgan fingerprint density at radius 3 is 2.22 bits per heavy atom. The molecule has 0 bridgehead atoms. The fraction of sp³-hybridized carbons (Fsp3) is 0.382. The Hall–Kier alpha value is -3.61. The predicted octanol–water partition coefficient (Wildman–Crippen LogP) is 6.84. The molecule has 1 amide bonds. The van der Waals surface area contributed by atoms with E-state index < -0.39 is 12.2 Å². The molecule has 2 saturated heterocycles. The summed E-state index contributed by atoms with van der Waals surface area (Å²) >= 11 is 3.55. The third-order valence-corrected chi connectivity index (χ3v) is 8.38. The molecule has 2 atom stereocenters. The van der Waals surface area contributed by atoms with Crippen LogP contribution >= 0.6 is 15.9 Å². The number of nitrogens with zero attached hydrogens (tertiary/aromatic N) is 2. The molecule has 0 aliphatic carbocycles. The van der Waals surface area contributed by atoms with Gasteiger partial charge in [0, 0.05) is 43.0 Å². The average molecular weight is 679 g/mol. The van der Waals surface area contributed by atoms with Gasteiger partial charge in [0.05, 0.1) is 29.3 Å². The molecule has 2 aromatic heterocycles. The van der Waals surface area contributed by atoms with Gasteiger partial charge in [-0.2, -0.15) is 0 Å². The van der Waals surface area contributed by atoms with E-state index in [4.69, 9.17) is 33.5 Å². The van der Waals surface area contributed by atoms with Crippen LogP contribution in [0.25, 0.3) is 33.3 Å². The number of ether oxygens (including phenoxy) is 5. The number of hydrogen-bond donors (Lipinski definition) is 1. The molecule has 2 aromatic carbocycles. The molecular weight excluding hydrogens is 642 g/mol. The predicted molar refractivity (Wildman–Crippen MR) is 172 cm³/mol. The van der Waals surface area contributed by atoms with E-state index in [1.165, 1.54) is 7.11 Å². The normalized spacial score (nSPS) is 18.4. The van der Waals surface area contributed by atoms with Crippen LogP contribution in [0, 0.1) is 0 Å². The molecule has 4 heterocycles. The largest absolute Gasteiger partial charge is 0.494 e. The maximum absolute atomic E-state index is 13.5. The third-order valence-electron chi connectivity index (χ3n) is 7.80. The lowest BCUT2D eigenvalue weighted by Gasteiger charge is -2.23. The van der Waals surface area contributed by atoms with Crippen molar-refractivity contribution in [3.8, 4) is 33.9 Å². The van der Waals surface area contributed by atoms with Gasteiger partial charge in [-0.15, -0.1) is 0 Å². The SMILES string of the molecule is COc1c(-c2ccc(-c3ccc(OCCOC4CCCCO4)cc3)cc2)nc2c(Br)cncc2c1C(=O)NOC1CCCCO1. The molecule has 236 valence electrons. The first kappa shape index (κ1) is 31.4. The van der Waals surface area contributed by atoms with Gasteiger partial charge >= 0.3 is 0 Å². The molecule has 0 radical (unpaired) electrons. The van der Waals surface area contributed by atoms with Gasteiger partial charge in [-0.25, -0.2) is 15.3 Å². The van der Waals surface area contributed by atoms with Crippen molar-refractivity contribution in [1.82, 2.24) is 15.4 Å². The molecule has 6 rings (SSSR count). The molecule has 45 heavy (non-hydrogen) atoms. The summed E-state index contributed by atoms with van der Waals surface area (Å²) in [7, 11) is 1.52. The van der Waals surface area contributed by atoms with Crippen molar-refractivity contribution >= 4 is 32.7 Å². The second-order valence-electron chi connectivity index (χ2n) is 10.8. The zero-order valence-corrected chi connectivity index (χ0v) is 26.7. The fourth-order valence-corrected chi connectivity index (χ4v) is 5.89. The molecular formula is C34H36BrN3O7. The molecule has 4 aromatic rings. The van der Waals surface area contributed by atoms with Crippen molar-refractivity contribution in [3.63, 3.8) is 0 Å². The number of aromatic nitrogens is 2. The van der Waals surface area contributed by atoms with Crippen LogP contribution in [0.3, 0.4) is 0 Å². The molecule has 2 aliphatic heterocycles. The summed E-state index contributed by atoms with van der Waals surface area (Å²) in [6.07, 6.45) is 8.48. The van der Waals surface area contributed by atoms with Gasteiger partial charge in [-0.3, -0.25) is 9.78 Å². The number of rotatable bonds is 11. The quantitative estimate of drug-likeness (QED) is 0.135. The van der Waals surface area contributed by atoms with E-state index in [1.54, 1.807) is 12.4 Å². The van der Waals surface area contributed by atoms with Crippen molar-refractivity contribution in [2.75, 3.05) is 33.5 Å². The second-order valence-corrected chi connectivity index (χ2v) is 11.7. The van der Waals surface area contributed by atoms with E-state index >= 15 is 0 Å². The van der Waals surface area contributed by atoms with Gasteiger partial charge in [0.15, 0.2) is 18.3 Å². The van der Waals surface area contributed by atoms with E-state index in [1.807, 2.05) is 48.5 Å². The van der Waals surface area contributed by atoms with Gasteiger partial charge in [0.25, 0.3) is 5.91 Å². The maximum atomic E-state index is 13.5. The first-order valence-electron chi connectivity index (χ1n) is 15.3. The van der Waals surface area contributed by atoms with Crippen molar-refractivity contribution < 1.29 is 33.3 Å². The van der Waals surface area contributed by atoms with Crippen LogP contribution < -0.4 is 15.0 Å². The minimum atomic E-state index is -0.491. The number of hydrogen-bond acceptors (Lipinski definition) is 9. The second kappa shape index (κ2) is 15.1. The lowest BCUT2D eigenvalue weighted by molar-refractivity contribution is -0.186. The van der Waals surface area contributed by atoms with Gasteiger partial charge < -0.3 is 23.7 Å². The number of carbonyl (C=O) groups is 1. The topological polar surface area (TPSA) is 110 Å². The van der Waals surface area contributed by atoms with Crippen LogP contribution in [0.15, 0.2) is 65.4 Å². The van der Waals surface area contributed by atoms with Crippen molar-refractivity contribution in [1.29, 1.82) is 0 Å². The minimum absolute atomic E-state index is 0.116. The summed E-state index contributed by atoms with van der Waals surface area (Å²) in [5.74, 6) is 0.627. The Morgan fingerprint density at radius 1 is 0.889 bits per heavy atom. The van der Waals surface area contributed by atoms with E-state index in [2.05, 4.69) is 26.4 Å². The zero-order valence-electron chi connectivity index (χ0n) is 25.1. The standard InChI is InChI=1S/C34H36BrN3O7/c1-40-33-30(34(39)38-45-29-7-3-5-17-43-29)26-20-36-21-27(35)32(26)37-31(33)24-10-8-22(9-11-24)23-12-14-25(15-13-23)41-18-19-44-28-6-2-4-16-42-28/h8-15,20-21,28-29H,2-7,16-19H2,1H3,(H,38,39). The van der Waals surface area contributed by atoms with E-state index in [0.717, 1.165) is 61.2 Å². The highest BCUT2D eigenvalue weighted by molar-refractivity contribution is 9.10. The molecule has 2 fully saturated rings. The first-order chi connectivity index (χ1) is 22.1. The highest BCUT2D eigenvalue weighted by atomic mass is 79.9. The van der Waals surface area contributed by atoms with Crippen molar-refractivity contribution in [2.45, 2.75) is 51.1 Å². The number of hydroxylamine groups is 1. The number of amides is 1. The van der Waals surface area contributed by atoms with Crippen LogP contribution in [-0.4, -0.2) is 62.0 Å². The Bertz CT molecular complexity index is 1590. The number of carbonyl (C=O) groups excluding carboxylic acids is 1. The van der Waals surface area contributed by atoms with Crippen LogP contribution in [0.2, 0.25) is 0 Å². The van der Waals surface area contributed by atoms with E-state index in [9.17, 15) is 4.79 Å². The molecule has 1 N–H and O–H groups in total. The number of benzene rings is 2. The van der Waals surface area contributed by atoms with Gasteiger partial charge in [0.1, 0.15) is 18.1 Å². The van der Waals surface area contributed by atoms with Gasteiger partial charge in [0.2, 0.25) is 0 Å². The molecule has 11 heteroatoms. The zero-order chi connectivity index (χ0) is 31.0. The average Bonchev–Trinajstić information content (AvgIpc) is 3.10. The number of fused-ring (bicyclic) bond motifs is 1. The highest BCUT2D eigenvalue weighted by Crippen LogP contribution is 2.38.